The number of hydrogen-bond donors (Lipinski definition) is 1. The third-order valence-electron chi connectivity index (χ3n) is 3.23. The number of thioether (sulfide) groups is 1. The van der Waals surface area contributed by atoms with Crippen LogP contribution in [0, 0.1) is 0 Å². The van der Waals surface area contributed by atoms with E-state index in [1.165, 1.54) is 18.4 Å². The van der Waals surface area contributed by atoms with Crippen molar-refractivity contribution >= 4 is 11.8 Å². The summed E-state index contributed by atoms with van der Waals surface area (Å²) < 4.78 is 10.7. The lowest BCUT2D eigenvalue weighted by Gasteiger charge is -2.21. The average Bonchev–Trinajstić information content (AvgIpc) is 2.45. The molecule has 2 rings (SSSR count). The van der Waals surface area contributed by atoms with Crippen molar-refractivity contribution in [2.45, 2.75) is 30.4 Å². The molecule has 100 valence electrons. The molecule has 1 aromatic rings. The summed E-state index contributed by atoms with van der Waals surface area (Å²) >= 11 is 2.02. The molecule has 1 aliphatic rings. The van der Waals surface area contributed by atoms with Crippen molar-refractivity contribution in [3.05, 3.63) is 29.3 Å². The summed E-state index contributed by atoms with van der Waals surface area (Å²) in [5, 5.41) is 0.735. The molecule has 1 saturated heterocycles. The van der Waals surface area contributed by atoms with Crippen molar-refractivity contribution in [3.63, 3.8) is 0 Å². The van der Waals surface area contributed by atoms with E-state index in [2.05, 4.69) is 18.2 Å². The lowest BCUT2D eigenvalue weighted by atomic mass is 10.1. The van der Waals surface area contributed by atoms with Gasteiger partial charge in [0.1, 0.15) is 5.75 Å². The Morgan fingerprint density at radius 3 is 2.83 bits per heavy atom. The van der Waals surface area contributed by atoms with Gasteiger partial charge in [0.15, 0.2) is 0 Å². The van der Waals surface area contributed by atoms with E-state index in [-0.39, 0.29) is 0 Å². The molecule has 0 aromatic heterocycles. The largest absolute Gasteiger partial charge is 0.496 e. The minimum absolute atomic E-state index is 0.524. The maximum atomic E-state index is 5.67. The van der Waals surface area contributed by atoms with Crippen LogP contribution in [0.1, 0.15) is 24.0 Å². The van der Waals surface area contributed by atoms with Gasteiger partial charge in [0.05, 0.1) is 7.11 Å². The summed E-state index contributed by atoms with van der Waals surface area (Å²) in [4.78, 5) is 0. The summed E-state index contributed by atoms with van der Waals surface area (Å²) in [6.07, 6.45) is 2.34. The Morgan fingerprint density at radius 2 is 2.17 bits per heavy atom. The van der Waals surface area contributed by atoms with Crippen LogP contribution in [0.5, 0.6) is 5.75 Å². The zero-order valence-electron chi connectivity index (χ0n) is 10.9. The van der Waals surface area contributed by atoms with Crippen LogP contribution < -0.4 is 10.5 Å². The third kappa shape index (κ3) is 3.64. The van der Waals surface area contributed by atoms with Gasteiger partial charge in [-0.1, -0.05) is 12.1 Å². The minimum Gasteiger partial charge on any atom is -0.496 e. The van der Waals surface area contributed by atoms with Crippen molar-refractivity contribution in [3.8, 4) is 5.75 Å². The van der Waals surface area contributed by atoms with E-state index in [0.717, 1.165) is 35.5 Å². The SMILES string of the molecule is COc1cc(CSC2CCOCC2)ccc1CN. The standard InChI is InChI=1S/C14H21NO2S/c1-16-14-8-11(2-3-12(14)9-15)10-18-13-4-6-17-7-5-13/h2-3,8,13H,4-7,9-10,15H2,1H3. The molecule has 0 aliphatic carbocycles. The highest BCUT2D eigenvalue weighted by molar-refractivity contribution is 7.99. The first kappa shape index (κ1) is 13.7. The Morgan fingerprint density at radius 1 is 1.39 bits per heavy atom. The number of methoxy groups -OCH3 is 1. The van der Waals surface area contributed by atoms with Crippen LogP contribution in [0.2, 0.25) is 0 Å². The molecule has 1 aromatic carbocycles. The molecule has 0 bridgehead atoms. The number of ether oxygens (including phenoxy) is 2. The first-order valence-electron chi connectivity index (χ1n) is 6.38. The van der Waals surface area contributed by atoms with Crippen LogP contribution in [0.3, 0.4) is 0 Å². The Hall–Kier alpha value is -0.710. The van der Waals surface area contributed by atoms with Crippen LogP contribution in [0.15, 0.2) is 18.2 Å². The molecule has 1 aliphatic heterocycles. The molecule has 1 fully saturated rings. The summed E-state index contributed by atoms with van der Waals surface area (Å²) in [5.41, 5.74) is 8.04. The van der Waals surface area contributed by atoms with E-state index < -0.39 is 0 Å². The van der Waals surface area contributed by atoms with Gasteiger partial charge in [-0.05, 0) is 24.5 Å². The number of nitrogens with two attached hydrogens (primary N) is 1. The van der Waals surface area contributed by atoms with E-state index in [9.17, 15) is 0 Å². The molecule has 3 nitrogen and oxygen atoms in total. The second-order valence-electron chi connectivity index (χ2n) is 4.47. The maximum Gasteiger partial charge on any atom is 0.123 e. The van der Waals surface area contributed by atoms with E-state index in [1.807, 2.05) is 11.8 Å². The van der Waals surface area contributed by atoms with Gasteiger partial charge in [-0.3, -0.25) is 0 Å². The second-order valence-corrected chi connectivity index (χ2v) is 5.76. The molecule has 0 spiro atoms. The highest BCUT2D eigenvalue weighted by atomic mass is 32.2. The Bertz CT molecular complexity index is 378. The molecule has 0 atom stereocenters. The number of hydrogen-bond acceptors (Lipinski definition) is 4. The van der Waals surface area contributed by atoms with Crippen molar-refractivity contribution in [2.75, 3.05) is 20.3 Å². The molecule has 1 heterocycles. The first-order valence-corrected chi connectivity index (χ1v) is 7.43. The van der Waals surface area contributed by atoms with Gasteiger partial charge in [-0.25, -0.2) is 0 Å². The quantitative estimate of drug-likeness (QED) is 0.890. The van der Waals surface area contributed by atoms with E-state index in [1.54, 1.807) is 7.11 Å². The molecule has 18 heavy (non-hydrogen) atoms. The molecule has 4 heteroatoms. The van der Waals surface area contributed by atoms with Gasteiger partial charge in [-0.2, -0.15) is 11.8 Å². The second kappa shape index (κ2) is 7.02. The zero-order chi connectivity index (χ0) is 12.8. The summed E-state index contributed by atoms with van der Waals surface area (Å²) in [6, 6.07) is 6.32. The van der Waals surface area contributed by atoms with Gasteiger partial charge in [0.25, 0.3) is 0 Å². The molecular formula is C14H21NO2S. The lowest BCUT2D eigenvalue weighted by molar-refractivity contribution is 0.1000. The van der Waals surface area contributed by atoms with Gasteiger partial charge < -0.3 is 15.2 Å². The van der Waals surface area contributed by atoms with Crippen molar-refractivity contribution < 1.29 is 9.47 Å². The van der Waals surface area contributed by atoms with Gasteiger partial charge in [0, 0.05) is 36.3 Å². The van der Waals surface area contributed by atoms with Crippen LogP contribution in [0.25, 0.3) is 0 Å². The van der Waals surface area contributed by atoms with Gasteiger partial charge in [-0.15, -0.1) is 0 Å². The summed E-state index contributed by atoms with van der Waals surface area (Å²) in [5.74, 6) is 1.94. The Kier molecular flexibility index (Phi) is 5.35. The predicted molar refractivity (Wildman–Crippen MR) is 76.0 cm³/mol. The molecular weight excluding hydrogens is 246 g/mol. The fourth-order valence-corrected chi connectivity index (χ4v) is 3.24. The van der Waals surface area contributed by atoms with Crippen molar-refractivity contribution in [1.82, 2.24) is 0 Å². The van der Waals surface area contributed by atoms with Gasteiger partial charge >= 0.3 is 0 Å². The maximum absolute atomic E-state index is 5.67. The average molecular weight is 267 g/mol. The van der Waals surface area contributed by atoms with Crippen LogP contribution >= 0.6 is 11.8 Å². The highest BCUT2D eigenvalue weighted by Crippen LogP contribution is 2.28. The minimum atomic E-state index is 0.524. The summed E-state index contributed by atoms with van der Waals surface area (Å²) in [6.45, 7) is 2.34. The predicted octanol–water partition coefficient (Wildman–Crippen LogP) is 2.57. The first-order chi connectivity index (χ1) is 8.83. The molecule has 0 amide bonds. The van der Waals surface area contributed by atoms with Crippen molar-refractivity contribution in [2.24, 2.45) is 5.73 Å². The Labute approximate surface area is 113 Å². The fourth-order valence-electron chi connectivity index (χ4n) is 2.10. The smallest absolute Gasteiger partial charge is 0.123 e. The van der Waals surface area contributed by atoms with Crippen LogP contribution in [0.4, 0.5) is 0 Å². The van der Waals surface area contributed by atoms with Crippen molar-refractivity contribution in [1.29, 1.82) is 0 Å². The molecule has 2 N–H and O–H groups in total. The van der Waals surface area contributed by atoms with Crippen LogP contribution in [-0.2, 0) is 17.0 Å². The molecule has 0 radical (unpaired) electrons. The van der Waals surface area contributed by atoms with E-state index in [0.29, 0.717) is 6.54 Å². The summed E-state index contributed by atoms with van der Waals surface area (Å²) in [7, 11) is 1.70. The third-order valence-corrected chi connectivity index (χ3v) is 4.67. The topological polar surface area (TPSA) is 44.5 Å². The normalized spacial score (nSPS) is 16.8. The zero-order valence-corrected chi connectivity index (χ0v) is 11.7. The monoisotopic (exact) mass is 267 g/mol. The highest BCUT2D eigenvalue weighted by Gasteiger charge is 2.14. The van der Waals surface area contributed by atoms with E-state index >= 15 is 0 Å². The number of rotatable bonds is 5. The fraction of sp³-hybridized carbons (Fsp3) is 0.571. The van der Waals surface area contributed by atoms with Gasteiger partial charge in [0.2, 0.25) is 0 Å². The van der Waals surface area contributed by atoms with Crippen LogP contribution in [-0.4, -0.2) is 25.6 Å². The molecule has 0 saturated carbocycles. The Balaban J connectivity index is 1.92. The molecule has 0 unspecified atom stereocenters. The van der Waals surface area contributed by atoms with E-state index in [4.69, 9.17) is 15.2 Å². The number of benzene rings is 1. The lowest BCUT2D eigenvalue weighted by Crippen LogP contribution is -2.17.